The predicted octanol–water partition coefficient (Wildman–Crippen LogP) is -4.35. The molecule has 0 saturated carbocycles. The summed E-state index contributed by atoms with van der Waals surface area (Å²) in [7, 11) is 0. The van der Waals surface area contributed by atoms with Crippen molar-refractivity contribution in [3.05, 3.63) is 0 Å². The van der Waals surface area contributed by atoms with E-state index in [2.05, 4.69) is 0 Å². The first-order valence-corrected chi connectivity index (χ1v) is 7.03. The maximum absolute atomic E-state index is 10.0. The number of aliphatic hydroxyl groups excluding tert-OH is 6. The van der Waals surface area contributed by atoms with Gasteiger partial charge in [-0.2, -0.15) is 0 Å². The van der Waals surface area contributed by atoms with Gasteiger partial charge in [-0.1, -0.05) is 0 Å². The highest BCUT2D eigenvalue weighted by atomic mass is 16.8. The molecule has 0 aromatic rings. The van der Waals surface area contributed by atoms with Crippen LogP contribution in [0.25, 0.3) is 0 Å². The lowest BCUT2D eigenvalue weighted by atomic mass is 9.98. The summed E-state index contributed by atoms with van der Waals surface area (Å²) in [5, 5.41) is 58.3. The van der Waals surface area contributed by atoms with E-state index < -0.39 is 68.0 Å². The van der Waals surface area contributed by atoms with Gasteiger partial charge in [-0.3, -0.25) is 0 Å². The van der Waals surface area contributed by atoms with Gasteiger partial charge in [-0.15, -0.1) is 0 Å². The first-order valence-electron chi connectivity index (χ1n) is 7.03. The molecule has 128 valence electrons. The molecule has 3 fully saturated rings. The molecule has 0 aliphatic carbocycles. The van der Waals surface area contributed by atoms with Gasteiger partial charge in [0.05, 0.1) is 13.2 Å². The maximum atomic E-state index is 10.0. The molecule has 3 rings (SSSR count). The first kappa shape index (κ1) is 16.5. The van der Waals surface area contributed by atoms with E-state index in [9.17, 15) is 25.5 Å². The van der Waals surface area contributed by atoms with Crippen LogP contribution in [0.3, 0.4) is 0 Å². The summed E-state index contributed by atoms with van der Waals surface area (Å²) >= 11 is 0. The molecule has 3 aliphatic rings. The summed E-state index contributed by atoms with van der Waals surface area (Å²) < 4.78 is 21.1. The third kappa shape index (κ3) is 2.65. The van der Waals surface area contributed by atoms with Crippen molar-refractivity contribution in [2.45, 2.75) is 61.4 Å². The molecule has 10 heteroatoms. The van der Waals surface area contributed by atoms with Crippen molar-refractivity contribution in [3.8, 4) is 0 Å². The summed E-state index contributed by atoms with van der Waals surface area (Å²) in [5.41, 5.74) is 0. The molecule has 3 saturated heterocycles. The van der Waals surface area contributed by atoms with Crippen LogP contribution in [0.1, 0.15) is 0 Å². The summed E-state index contributed by atoms with van der Waals surface area (Å²) in [5.74, 6) is 0. The van der Waals surface area contributed by atoms with E-state index in [1.807, 2.05) is 0 Å². The van der Waals surface area contributed by atoms with Gasteiger partial charge in [0.25, 0.3) is 0 Å². The molecule has 1 unspecified atom stereocenters. The Morgan fingerprint density at radius 3 is 2.27 bits per heavy atom. The predicted molar refractivity (Wildman–Crippen MR) is 65.3 cm³/mol. The second-order valence-electron chi connectivity index (χ2n) is 5.66. The van der Waals surface area contributed by atoms with Crippen LogP contribution in [-0.2, 0) is 18.9 Å². The second kappa shape index (κ2) is 6.24. The molecule has 3 heterocycles. The topological polar surface area (TPSA) is 158 Å². The fourth-order valence-corrected chi connectivity index (χ4v) is 2.87. The second-order valence-corrected chi connectivity index (χ2v) is 5.66. The molecule has 0 amide bonds. The lowest BCUT2D eigenvalue weighted by Gasteiger charge is -2.43. The Hall–Kier alpha value is -0.400. The summed E-state index contributed by atoms with van der Waals surface area (Å²) in [4.78, 5) is 0. The summed E-state index contributed by atoms with van der Waals surface area (Å²) in [6.07, 6.45) is -12.5. The average molecular weight is 324 g/mol. The van der Waals surface area contributed by atoms with E-state index in [1.54, 1.807) is 0 Å². The lowest BCUT2D eigenvalue weighted by Crippen LogP contribution is -2.62. The number of hydrogen-bond donors (Lipinski definition) is 6. The van der Waals surface area contributed by atoms with E-state index in [0.717, 1.165) is 0 Å². The number of fused-ring (bicyclic) bond motifs is 2. The Morgan fingerprint density at radius 1 is 0.864 bits per heavy atom. The van der Waals surface area contributed by atoms with Crippen molar-refractivity contribution in [2.24, 2.45) is 0 Å². The Labute approximate surface area is 125 Å². The highest BCUT2D eigenvalue weighted by molar-refractivity contribution is 4.96. The number of hydrogen-bond acceptors (Lipinski definition) is 10. The lowest BCUT2D eigenvalue weighted by molar-refractivity contribution is -0.337. The van der Waals surface area contributed by atoms with Gasteiger partial charge in [-0.25, -0.2) is 0 Å². The van der Waals surface area contributed by atoms with E-state index in [0.29, 0.717) is 0 Å². The van der Waals surface area contributed by atoms with Gasteiger partial charge in [-0.05, 0) is 0 Å². The third-order valence-electron chi connectivity index (χ3n) is 4.21. The van der Waals surface area contributed by atoms with Crippen molar-refractivity contribution in [3.63, 3.8) is 0 Å². The summed E-state index contributed by atoms with van der Waals surface area (Å²) in [6.45, 7) is -0.507. The van der Waals surface area contributed by atoms with Gasteiger partial charge in [0.2, 0.25) is 0 Å². The van der Waals surface area contributed by atoms with Crippen molar-refractivity contribution in [2.75, 3.05) is 13.2 Å². The monoisotopic (exact) mass is 324 g/mol. The van der Waals surface area contributed by atoms with Gasteiger partial charge in [0.1, 0.15) is 48.8 Å². The molecule has 6 N–H and O–H groups in total. The number of aliphatic hydroxyl groups is 6. The van der Waals surface area contributed by atoms with Crippen LogP contribution in [0.15, 0.2) is 0 Å². The fourth-order valence-electron chi connectivity index (χ4n) is 2.87. The Balaban J connectivity index is 1.71. The average Bonchev–Trinajstić information content (AvgIpc) is 2.96. The molecule has 3 aliphatic heterocycles. The van der Waals surface area contributed by atoms with Gasteiger partial charge in [0.15, 0.2) is 12.6 Å². The van der Waals surface area contributed by atoms with Crippen molar-refractivity contribution >= 4 is 0 Å². The van der Waals surface area contributed by atoms with Crippen LogP contribution in [0.5, 0.6) is 0 Å². The minimum absolute atomic E-state index is 0.0842. The molecule has 0 aromatic heterocycles. The molecule has 2 bridgehead atoms. The first-order chi connectivity index (χ1) is 10.4. The fraction of sp³-hybridized carbons (Fsp3) is 1.00. The van der Waals surface area contributed by atoms with Crippen LogP contribution >= 0.6 is 0 Å². The number of ether oxygens (including phenoxy) is 4. The van der Waals surface area contributed by atoms with E-state index in [-0.39, 0.29) is 6.61 Å². The zero-order chi connectivity index (χ0) is 16.0. The van der Waals surface area contributed by atoms with E-state index in [1.165, 1.54) is 0 Å². The van der Waals surface area contributed by atoms with E-state index >= 15 is 0 Å². The van der Waals surface area contributed by atoms with Crippen molar-refractivity contribution in [1.82, 2.24) is 0 Å². The van der Waals surface area contributed by atoms with Gasteiger partial charge in [0, 0.05) is 0 Å². The highest BCUT2D eigenvalue weighted by Gasteiger charge is 2.53. The minimum atomic E-state index is -1.60. The smallest absolute Gasteiger partial charge is 0.187 e. The van der Waals surface area contributed by atoms with Gasteiger partial charge >= 0.3 is 0 Å². The quantitative estimate of drug-likeness (QED) is 0.299. The minimum Gasteiger partial charge on any atom is -0.394 e. The summed E-state index contributed by atoms with van der Waals surface area (Å²) in [6, 6.07) is 0. The van der Waals surface area contributed by atoms with Crippen LogP contribution in [0.4, 0.5) is 0 Å². The molecule has 10 nitrogen and oxygen atoms in total. The molecule has 0 radical (unpaired) electrons. The van der Waals surface area contributed by atoms with Crippen LogP contribution in [-0.4, -0.2) is 105 Å². The molecule has 0 aromatic carbocycles. The normalized spacial score (nSPS) is 55.4. The Kier molecular flexibility index (Phi) is 4.67. The number of rotatable bonds is 3. The van der Waals surface area contributed by atoms with E-state index in [4.69, 9.17) is 24.1 Å². The molecular formula is C12H20O10. The Bertz CT molecular complexity index is 392. The SMILES string of the molecule is OC[C@H]1O[C@H](O[C@H]2[C@H](O)[C@@H](O)C3OC[C@H]2O3)[C@H](O)[C@@H](O)[C@@H]1O. The van der Waals surface area contributed by atoms with Crippen molar-refractivity contribution in [1.29, 1.82) is 0 Å². The zero-order valence-corrected chi connectivity index (χ0v) is 11.5. The molecule has 0 spiro atoms. The molecule has 22 heavy (non-hydrogen) atoms. The molecular weight excluding hydrogens is 304 g/mol. The zero-order valence-electron chi connectivity index (χ0n) is 11.5. The van der Waals surface area contributed by atoms with Crippen molar-refractivity contribution < 1.29 is 49.6 Å². The van der Waals surface area contributed by atoms with Crippen LogP contribution in [0, 0.1) is 0 Å². The van der Waals surface area contributed by atoms with Crippen LogP contribution in [0.2, 0.25) is 0 Å². The highest BCUT2D eigenvalue weighted by Crippen LogP contribution is 2.32. The largest absolute Gasteiger partial charge is 0.394 e. The third-order valence-corrected chi connectivity index (χ3v) is 4.21. The molecule has 10 atom stereocenters. The standard InChI is InChI=1S/C12H20O10/c13-1-3-5(14)6(15)8(17)12(20-3)22-10-4-2-19-11(21-4)9(18)7(10)16/h3-18H,1-2H2/t3-,4-,5-,6+,7-,8-,9-,10-,11?,12-/m1/s1. The van der Waals surface area contributed by atoms with Gasteiger partial charge < -0.3 is 49.6 Å². The Morgan fingerprint density at radius 2 is 1.59 bits per heavy atom. The van der Waals surface area contributed by atoms with Crippen LogP contribution < -0.4 is 0 Å². The maximum Gasteiger partial charge on any atom is 0.187 e.